The summed E-state index contributed by atoms with van der Waals surface area (Å²) in [6.07, 6.45) is 7.25. The lowest BCUT2D eigenvalue weighted by molar-refractivity contribution is 0.360. The van der Waals surface area contributed by atoms with Crippen LogP contribution >= 0.6 is 0 Å². The van der Waals surface area contributed by atoms with E-state index in [0.717, 1.165) is 24.6 Å². The number of unbranched alkanes of at least 4 members (excludes halogenated alkanes) is 1. The molecule has 0 aliphatic carbocycles. The summed E-state index contributed by atoms with van der Waals surface area (Å²) in [7, 11) is 0. The molecule has 2 N–H and O–H groups in total. The summed E-state index contributed by atoms with van der Waals surface area (Å²) in [4.78, 5) is 6.69. The minimum Gasteiger partial charge on any atom is -0.397 e. The fraction of sp³-hybridized carbons (Fsp3) is 0.611. The van der Waals surface area contributed by atoms with E-state index in [-0.39, 0.29) is 0 Å². The van der Waals surface area contributed by atoms with Gasteiger partial charge in [-0.1, -0.05) is 33.3 Å². The van der Waals surface area contributed by atoms with Gasteiger partial charge in [-0.05, 0) is 44.2 Å². The summed E-state index contributed by atoms with van der Waals surface area (Å²) in [5.74, 6) is 1.03. The Balaban J connectivity index is 0.00000122. The second-order valence-electron chi connectivity index (χ2n) is 6.46. The molecule has 0 bridgehead atoms. The van der Waals surface area contributed by atoms with E-state index in [1.165, 1.54) is 19.3 Å². The highest BCUT2D eigenvalue weighted by atomic mass is 15.2. The molecule has 0 spiro atoms. The van der Waals surface area contributed by atoms with E-state index < -0.39 is 0 Å². The highest BCUT2D eigenvalue weighted by molar-refractivity contribution is 5.45. The molecule has 0 saturated heterocycles. The predicted octanol–water partition coefficient (Wildman–Crippen LogP) is 4.90. The third kappa shape index (κ3) is 9.94. The number of nitrogens with zero attached hydrogens (tertiary/aromatic N) is 2. The van der Waals surface area contributed by atoms with Gasteiger partial charge in [0.25, 0.3) is 0 Å². The van der Waals surface area contributed by atoms with Crippen LogP contribution < -0.4 is 10.6 Å². The van der Waals surface area contributed by atoms with Crippen molar-refractivity contribution >= 4 is 11.5 Å². The van der Waals surface area contributed by atoms with Crippen molar-refractivity contribution in [2.45, 2.75) is 53.9 Å². The van der Waals surface area contributed by atoms with E-state index in [2.05, 4.69) is 44.2 Å². The molecule has 0 radical (unpaired) electrons. The molecule has 21 heavy (non-hydrogen) atoms. The van der Waals surface area contributed by atoms with Crippen LogP contribution in [0.25, 0.3) is 0 Å². The number of allylic oxidation sites excluding steroid dienone is 1. The van der Waals surface area contributed by atoms with Gasteiger partial charge in [-0.3, -0.25) is 0 Å². The monoisotopic (exact) mass is 291 g/mol. The predicted molar refractivity (Wildman–Crippen MR) is 95.7 cm³/mol. The summed E-state index contributed by atoms with van der Waals surface area (Å²) in [6, 6.07) is 3.92. The van der Waals surface area contributed by atoms with Crippen molar-refractivity contribution in [2.24, 2.45) is 5.41 Å². The van der Waals surface area contributed by atoms with Gasteiger partial charge >= 0.3 is 0 Å². The smallest absolute Gasteiger partial charge is 0.128 e. The van der Waals surface area contributed by atoms with Gasteiger partial charge in [0, 0.05) is 13.1 Å². The molecule has 0 saturated carbocycles. The number of nitrogens with two attached hydrogens (primary N) is 1. The third-order valence-electron chi connectivity index (χ3n) is 3.08. The Morgan fingerprint density at radius 3 is 2.33 bits per heavy atom. The maximum atomic E-state index is 5.66. The van der Waals surface area contributed by atoms with Gasteiger partial charge in [0.15, 0.2) is 0 Å². The van der Waals surface area contributed by atoms with E-state index in [9.17, 15) is 0 Å². The van der Waals surface area contributed by atoms with Crippen molar-refractivity contribution in [3.8, 4) is 0 Å². The SMILES string of the molecule is C=CC.CCN(CCCCC(C)(C)C)c1ccc(N)cn1. The summed E-state index contributed by atoms with van der Waals surface area (Å²) >= 11 is 0. The molecular weight excluding hydrogens is 258 g/mol. The van der Waals surface area contributed by atoms with Crippen LogP contribution in [0.5, 0.6) is 0 Å². The van der Waals surface area contributed by atoms with Crippen molar-refractivity contribution in [1.29, 1.82) is 0 Å². The Morgan fingerprint density at radius 1 is 1.29 bits per heavy atom. The standard InChI is InChI=1S/C15H27N3.C3H6/c1-5-18(11-7-6-10-15(2,3)4)14-9-8-13(16)12-17-14;1-3-2/h8-9,12H,5-7,10-11,16H2,1-4H3;3H,1H2,2H3. The molecule has 0 aromatic carbocycles. The quantitative estimate of drug-likeness (QED) is 0.599. The zero-order valence-electron chi connectivity index (χ0n) is 14.5. The Labute approximate surface area is 131 Å². The first-order valence-corrected chi connectivity index (χ1v) is 7.87. The number of hydrogen-bond acceptors (Lipinski definition) is 3. The number of pyridine rings is 1. The highest BCUT2D eigenvalue weighted by Gasteiger charge is 2.10. The summed E-state index contributed by atoms with van der Waals surface area (Å²) in [5.41, 5.74) is 6.82. The van der Waals surface area contributed by atoms with Gasteiger partial charge < -0.3 is 10.6 Å². The number of anilines is 2. The molecule has 0 amide bonds. The van der Waals surface area contributed by atoms with Gasteiger partial charge in [0.2, 0.25) is 0 Å². The van der Waals surface area contributed by atoms with Crippen LogP contribution in [0.4, 0.5) is 11.5 Å². The molecule has 120 valence electrons. The number of rotatable bonds is 6. The molecule has 1 aromatic rings. The molecular formula is C18H33N3. The zero-order valence-corrected chi connectivity index (χ0v) is 14.5. The first-order valence-electron chi connectivity index (χ1n) is 7.87. The maximum absolute atomic E-state index is 5.66. The van der Waals surface area contributed by atoms with Gasteiger partial charge in [0.05, 0.1) is 11.9 Å². The molecule has 1 heterocycles. The van der Waals surface area contributed by atoms with Gasteiger partial charge in [-0.25, -0.2) is 4.98 Å². The Morgan fingerprint density at radius 2 is 1.90 bits per heavy atom. The molecule has 0 atom stereocenters. The third-order valence-corrected chi connectivity index (χ3v) is 3.08. The largest absolute Gasteiger partial charge is 0.397 e. The summed E-state index contributed by atoms with van der Waals surface area (Å²) < 4.78 is 0. The van der Waals surface area contributed by atoms with E-state index in [1.807, 2.05) is 19.1 Å². The lowest BCUT2D eigenvalue weighted by atomic mass is 9.90. The zero-order chi connectivity index (χ0) is 16.3. The molecule has 1 rings (SSSR count). The summed E-state index contributed by atoms with van der Waals surface area (Å²) in [5, 5.41) is 0. The van der Waals surface area contributed by atoms with Crippen LogP contribution in [-0.4, -0.2) is 18.1 Å². The van der Waals surface area contributed by atoms with Crippen LogP contribution in [0.1, 0.15) is 53.9 Å². The van der Waals surface area contributed by atoms with Crippen molar-refractivity contribution in [3.05, 3.63) is 31.0 Å². The second kappa shape index (κ2) is 10.3. The van der Waals surface area contributed by atoms with Gasteiger partial charge in [-0.2, -0.15) is 0 Å². The maximum Gasteiger partial charge on any atom is 0.128 e. The Kier molecular flexibility index (Phi) is 9.51. The van der Waals surface area contributed by atoms with E-state index in [1.54, 1.807) is 12.3 Å². The fourth-order valence-electron chi connectivity index (χ4n) is 1.98. The van der Waals surface area contributed by atoms with Crippen LogP contribution in [0.3, 0.4) is 0 Å². The lowest BCUT2D eigenvalue weighted by Crippen LogP contribution is -2.25. The van der Waals surface area contributed by atoms with E-state index in [4.69, 9.17) is 5.73 Å². The number of hydrogen-bond donors (Lipinski definition) is 1. The molecule has 0 aliphatic rings. The molecule has 0 fully saturated rings. The second-order valence-corrected chi connectivity index (χ2v) is 6.46. The highest BCUT2D eigenvalue weighted by Crippen LogP contribution is 2.22. The normalized spacial score (nSPS) is 10.5. The van der Waals surface area contributed by atoms with Crippen molar-refractivity contribution < 1.29 is 0 Å². The number of aromatic nitrogens is 1. The van der Waals surface area contributed by atoms with Crippen LogP contribution in [0.15, 0.2) is 31.0 Å². The van der Waals surface area contributed by atoms with Crippen LogP contribution in [0, 0.1) is 5.41 Å². The van der Waals surface area contributed by atoms with Crippen LogP contribution in [-0.2, 0) is 0 Å². The fourth-order valence-corrected chi connectivity index (χ4v) is 1.98. The Bertz CT molecular complexity index is 376. The van der Waals surface area contributed by atoms with Crippen molar-refractivity contribution in [3.63, 3.8) is 0 Å². The van der Waals surface area contributed by atoms with Crippen LogP contribution in [0.2, 0.25) is 0 Å². The first-order chi connectivity index (χ1) is 9.84. The molecule has 3 nitrogen and oxygen atoms in total. The molecule has 1 aromatic heterocycles. The minimum absolute atomic E-state index is 0.441. The molecule has 0 aliphatic heterocycles. The van der Waals surface area contributed by atoms with Crippen molar-refractivity contribution in [2.75, 3.05) is 23.7 Å². The average molecular weight is 291 g/mol. The lowest BCUT2D eigenvalue weighted by Gasteiger charge is -2.23. The minimum atomic E-state index is 0.441. The summed E-state index contributed by atoms with van der Waals surface area (Å²) in [6.45, 7) is 16.4. The average Bonchev–Trinajstić information content (AvgIpc) is 2.40. The molecule has 0 unspecified atom stereocenters. The molecule has 3 heteroatoms. The van der Waals surface area contributed by atoms with E-state index >= 15 is 0 Å². The number of nitrogen functional groups attached to an aromatic ring is 1. The van der Waals surface area contributed by atoms with Gasteiger partial charge in [-0.15, -0.1) is 6.58 Å². The van der Waals surface area contributed by atoms with Gasteiger partial charge in [0.1, 0.15) is 5.82 Å². The topological polar surface area (TPSA) is 42.1 Å². The van der Waals surface area contributed by atoms with E-state index in [0.29, 0.717) is 5.41 Å². The van der Waals surface area contributed by atoms with Crippen molar-refractivity contribution in [1.82, 2.24) is 4.98 Å². The first kappa shape index (κ1) is 19.5. The Hall–Kier alpha value is -1.51.